The van der Waals surface area contributed by atoms with Crippen molar-refractivity contribution in [2.45, 2.75) is 58.0 Å². The van der Waals surface area contributed by atoms with Crippen LogP contribution in [0.1, 0.15) is 46.5 Å². The molecule has 0 radical (unpaired) electrons. The van der Waals surface area contributed by atoms with Gasteiger partial charge in [0.25, 0.3) is 0 Å². The fourth-order valence-electron chi connectivity index (χ4n) is 3.27. The molecule has 1 aliphatic rings. The number of hydrogen-bond acceptors (Lipinski definition) is 4. The summed E-state index contributed by atoms with van der Waals surface area (Å²) in [5.74, 6) is 0.546. The molecular weight excluding hydrogens is 240 g/mol. The van der Waals surface area contributed by atoms with Crippen molar-refractivity contribution in [3.8, 4) is 0 Å². The molecule has 112 valence electrons. The van der Waals surface area contributed by atoms with Gasteiger partial charge >= 0.3 is 5.97 Å². The largest absolute Gasteiger partial charge is 0.468 e. The van der Waals surface area contributed by atoms with E-state index in [1.807, 2.05) is 7.05 Å². The van der Waals surface area contributed by atoms with Crippen molar-refractivity contribution >= 4 is 5.97 Å². The smallest absolute Gasteiger partial charge is 0.326 e. The number of rotatable bonds is 6. The van der Waals surface area contributed by atoms with Crippen molar-refractivity contribution < 1.29 is 9.53 Å². The van der Waals surface area contributed by atoms with E-state index in [2.05, 4.69) is 31.0 Å². The van der Waals surface area contributed by atoms with Crippen molar-refractivity contribution in [3.63, 3.8) is 0 Å². The molecule has 1 N–H and O–H groups in total. The van der Waals surface area contributed by atoms with Crippen LogP contribution >= 0.6 is 0 Å². The fourth-order valence-corrected chi connectivity index (χ4v) is 3.27. The Labute approximate surface area is 117 Å². The summed E-state index contributed by atoms with van der Waals surface area (Å²) in [5.41, 5.74) is -0.484. The Morgan fingerprint density at radius 2 is 2.21 bits per heavy atom. The zero-order valence-corrected chi connectivity index (χ0v) is 13.2. The Bertz CT molecular complexity index is 294. The third-order valence-electron chi connectivity index (χ3n) is 4.30. The molecule has 1 rings (SSSR count). The van der Waals surface area contributed by atoms with E-state index in [0.29, 0.717) is 12.0 Å². The van der Waals surface area contributed by atoms with E-state index in [1.165, 1.54) is 13.5 Å². The predicted molar refractivity (Wildman–Crippen MR) is 78.1 cm³/mol. The van der Waals surface area contributed by atoms with Crippen molar-refractivity contribution in [3.05, 3.63) is 0 Å². The quantitative estimate of drug-likeness (QED) is 0.750. The third kappa shape index (κ3) is 3.93. The maximum atomic E-state index is 12.1. The first-order valence-corrected chi connectivity index (χ1v) is 7.50. The molecule has 2 atom stereocenters. The molecule has 1 saturated carbocycles. The minimum absolute atomic E-state index is 0.111. The van der Waals surface area contributed by atoms with Gasteiger partial charge in [0.2, 0.25) is 0 Å². The molecule has 0 aliphatic heterocycles. The van der Waals surface area contributed by atoms with Gasteiger partial charge in [-0.25, -0.2) is 0 Å². The maximum absolute atomic E-state index is 12.1. The Morgan fingerprint density at radius 3 is 2.68 bits per heavy atom. The molecule has 0 saturated heterocycles. The molecule has 2 unspecified atom stereocenters. The topological polar surface area (TPSA) is 41.6 Å². The van der Waals surface area contributed by atoms with E-state index < -0.39 is 5.54 Å². The van der Waals surface area contributed by atoms with E-state index in [1.54, 1.807) is 0 Å². The summed E-state index contributed by atoms with van der Waals surface area (Å²) in [7, 11) is 3.36. The minimum Gasteiger partial charge on any atom is -0.468 e. The standard InChI is InChI=1S/C15H30N2O2/c1-6-17(11-12(2)3)13-8-7-9-15(10-13,16-4)14(18)19-5/h12-13,16H,6-11H2,1-5H3. The highest BCUT2D eigenvalue weighted by Gasteiger charge is 2.43. The van der Waals surface area contributed by atoms with Crippen molar-refractivity contribution in [2.24, 2.45) is 5.92 Å². The van der Waals surface area contributed by atoms with Gasteiger partial charge in [-0.05, 0) is 45.2 Å². The summed E-state index contributed by atoms with van der Waals surface area (Å²) in [5, 5.41) is 3.23. The Kier molecular flexibility index (Phi) is 6.27. The molecule has 0 aromatic carbocycles. The molecule has 1 fully saturated rings. The average molecular weight is 270 g/mol. The highest BCUT2D eigenvalue weighted by molar-refractivity contribution is 5.81. The Hall–Kier alpha value is -0.610. The first-order valence-electron chi connectivity index (χ1n) is 7.50. The van der Waals surface area contributed by atoms with Gasteiger partial charge in [0.05, 0.1) is 7.11 Å². The van der Waals surface area contributed by atoms with Crippen molar-refractivity contribution in [2.75, 3.05) is 27.2 Å². The lowest BCUT2D eigenvalue weighted by atomic mass is 9.78. The number of nitrogens with one attached hydrogen (secondary N) is 1. The van der Waals surface area contributed by atoms with Crippen LogP contribution in [0.5, 0.6) is 0 Å². The summed E-state index contributed by atoms with van der Waals surface area (Å²) in [4.78, 5) is 14.6. The molecule has 19 heavy (non-hydrogen) atoms. The molecular formula is C15H30N2O2. The highest BCUT2D eigenvalue weighted by atomic mass is 16.5. The highest BCUT2D eigenvalue weighted by Crippen LogP contribution is 2.32. The van der Waals surface area contributed by atoms with Crippen LogP contribution in [0.25, 0.3) is 0 Å². The number of nitrogens with zero attached hydrogens (tertiary/aromatic N) is 1. The molecule has 4 nitrogen and oxygen atoms in total. The number of likely N-dealkylation sites (N-methyl/N-ethyl adjacent to an activating group) is 1. The minimum atomic E-state index is -0.484. The zero-order valence-electron chi connectivity index (χ0n) is 13.2. The van der Waals surface area contributed by atoms with E-state index >= 15 is 0 Å². The fraction of sp³-hybridized carbons (Fsp3) is 0.933. The van der Waals surface area contributed by atoms with Crippen LogP contribution in [-0.2, 0) is 9.53 Å². The first kappa shape index (κ1) is 16.4. The number of ether oxygens (including phenoxy) is 1. The Morgan fingerprint density at radius 1 is 1.53 bits per heavy atom. The SMILES string of the molecule is CCN(CC(C)C)C1CCCC(NC)(C(=O)OC)C1. The summed E-state index contributed by atoms with van der Waals surface area (Å²) >= 11 is 0. The van der Waals surface area contributed by atoms with Crippen molar-refractivity contribution in [1.29, 1.82) is 0 Å². The maximum Gasteiger partial charge on any atom is 0.326 e. The van der Waals surface area contributed by atoms with Crippen molar-refractivity contribution in [1.82, 2.24) is 10.2 Å². The van der Waals surface area contributed by atoms with E-state index in [9.17, 15) is 4.79 Å². The van der Waals surface area contributed by atoms with E-state index in [4.69, 9.17) is 4.74 Å². The molecule has 0 heterocycles. The van der Waals surface area contributed by atoms with Crippen LogP contribution in [0.2, 0.25) is 0 Å². The lowest BCUT2D eigenvalue weighted by molar-refractivity contribution is -0.151. The van der Waals surface area contributed by atoms with Gasteiger partial charge in [-0.1, -0.05) is 20.8 Å². The van der Waals surface area contributed by atoms with Gasteiger partial charge in [0, 0.05) is 12.6 Å². The first-order chi connectivity index (χ1) is 8.99. The van der Waals surface area contributed by atoms with Crippen LogP contribution < -0.4 is 5.32 Å². The summed E-state index contributed by atoms with van der Waals surface area (Å²) < 4.78 is 5.01. The molecule has 0 bridgehead atoms. The monoisotopic (exact) mass is 270 g/mol. The average Bonchev–Trinajstić information content (AvgIpc) is 2.43. The number of carbonyl (C=O) groups is 1. The molecule has 4 heteroatoms. The molecule has 0 spiro atoms. The van der Waals surface area contributed by atoms with E-state index in [-0.39, 0.29) is 5.97 Å². The van der Waals surface area contributed by atoms with Crippen LogP contribution in [0.15, 0.2) is 0 Å². The Balaban J connectivity index is 2.78. The van der Waals surface area contributed by atoms with Crippen LogP contribution in [0.3, 0.4) is 0 Å². The van der Waals surface area contributed by atoms with E-state index in [0.717, 1.165) is 32.4 Å². The van der Waals surface area contributed by atoms with Gasteiger partial charge in [0.15, 0.2) is 0 Å². The lowest BCUT2D eigenvalue weighted by Gasteiger charge is -2.43. The molecule has 0 aromatic heterocycles. The number of hydrogen-bond donors (Lipinski definition) is 1. The molecule has 0 aromatic rings. The second-order valence-corrected chi connectivity index (χ2v) is 6.06. The molecule has 0 amide bonds. The number of methoxy groups -OCH3 is 1. The van der Waals surface area contributed by atoms with Crippen LogP contribution in [0, 0.1) is 5.92 Å². The van der Waals surface area contributed by atoms with Crippen LogP contribution in [0.4, 0.5) is 0 Å². The number of carbonyl (C=O) groups excluding carboxylic acids is 1. The van der Waals surface area contributed by atoms with Crippen LogP contribution in [-0.4, -0.2) is 49.7 Å². The second-order valence-electron chi connectivity index (χ2n) is 6.06. The third-order valence-corrected chi connectivity index (χ3v) is 4.30. The normalized spacial score (nSPS) is 27.8. The van der Waals surface area contributed by atoms with Gasteiger partial charge in [-0.15, -0.1) is 0 Å². The summed E-state index contributed by atoms with van der Waals surface area (Å²) in [6.45, 7) is 8.84. The van der Waals surface area contributed by atoms with Gasteiger partial charge in [-0.3, -0.25) is 4.79 Å². The molecule has 1 aliphatic carbocycles. The second kappa shape index (κ2) is 7.25. The van der Waals surface area contributed by atoms with Gasteiger partial charge in [0.1, 0.15) is 5.54 Å². The predicted octanol–water partition coefficient (Wildman–Crippen LogP) is 2.04. The lowest BCUT2D eigenvalue weighted by Crippen LogP contribution is -2.57. The number of esters is 1. The zero-order chi connectivity index (χ0) is 14.5. The summed E-state index contributed by atoms with van der Waals surface area (Å²) in [6.07, 6.45) is 4.00. The summed E-state index contributed by atoms with van der Waals surface area (Å²) in [6, 6.07) is 0.479. The van der Waals surface area contributed by atoms with Gasteiger partial charge in [-0.2, -0.15) is 0 Å². The van der Waals surface area contributed by atoms with Gasteiger partial charge < -0.3 is 15.0 Å².